The Morgan fingerprint density at radius 1 is 1.41 bits per heavy atom. The number of fused-ring (bicyclic) bond motifs is 2. The zero-order valence-electron chi connectivity index (χ0n) is 14.5. The number of H-pyrrole nitrogens is 1. The number of carbonyl (C=O) groups excluding carboxylic acids is 1. The quantitative estimate of drug-likeness (QED) is 0.627. The molecule has 3 aromatic rings. The molecule has 140 valence electrons. The molecule has 2 aromatic heterocycles. The van der Waals surface area contributed by atoms with Crippen LogP contribution in [0, 0.1) is 0 Å². The zero-order valence-corrected chi connectivity index (χ0v) is 16.1. The summed E-state index contributed by atoms with van der Waals surface area (Å²) in [4.78, 5) is 23.8. The lowest BCUT2D eigenvalue weighted by molar-refractivity contribution is 0.0731. The fourth-order valence-electron chi connectivity index (χ4n) is 3.71. The molecule has 27 heavy (non-hydrogen) atoms. The highest BCUT2D eigenvalue weighted by Gasteiger charge is 2.30. The van der Waals surface area contributed by atoms with Crippen molar-refractivity contribution in [2.24, 2.45) is 0 Å². The van der Waals surface area contributed by atoms with Gasteiger partial charge < -0.3 is 20.3 Å². The largest absolute Gasteiger partial charge is 0.393 e. The number of anilines is 1. The van der Waals surface area contributed by atoms with Crippen LogP contribution < -0.4 is 5.32 Å². The predicted octanol–water partition coefficient (Wildman–Crippen LogP) is 3.41. The first-order valence-electron chi connectivity index (χ1n) is 9.06. The molecule has 3 heterocycles. The lowest BCUT2D eigenvalue weighted by atomic mass is 9.90. The van der Waals surface area contributed by atoms with Crippen LogP contribution in [0.1, 0.15) is 33.9 Å². The maximum atomic E-state index is 13.0. The molecule has 1 aliphatic heterocycles. The summed E-state index contributed by atoms with van der Waals surface area (Å²) in [5.74, 6) is -0.0158. The smallest absolute Gasteiger partial charge is 0.270 e. The van der Waals surface area contributed by atoms with Crippen molar-refractivity contribution in [1.82, 2.24) is 14.9 Å². The highest BCUT2D eigenvalue weighted by Crippen LogP contribution is 2.32. The minimum Gasteiger partial charge on any atom is -0.393 e. The van der Waals surface area contributed by atoms with Crippen molar-refractivity contribution in [3.8, 4) is 0 Å². The number of nitrogens with zero attached hydrogens (tertiary/aromatic N) is 2. The summed E-state index contributed by atoms with van der Waals surface area (Å²) in [6.07, 6.45) is 2.12. The lowest BCUT2D eigenvalue weighted by Crippen LogP contribution is -2.38. The number of benzene rings is 1. The van der Waals surface area contributed by atoms with Crippen LogP contribution in [0.2, 0.25) is 5.02 Å². The molecule has 0 unspecified atom stereocenters. The topological polar surface area (TPSA) is 81.2 Å². The van der Waals surface area contributed by atoms with Crippen LogP contribution in [0.5, 0.6) is 0 Å². The summed E-state index contributed by atoms with van der Waals surface area (Å²) in [5, 5.41) is 15.2. The molecule has 1 amide bonds. The summed E-state index contributed by atoms with van der Waals surface area (Å²) in [6, 6.07) is 7.75. The third-order valence-electron chi connectivity index (χ3n) is 5.30. The van der Waals surface area contributed by atoms with Crippen LogP contribution in [-0.4, -0.2) is 44.6 Å². The second kappa shape index (κ2) is 6.51. The molecule has 0 saturated heterocycles. The molecule has 0 spiro atoms. The maximum absolute atomic E-state index is 13.0. The van der Waals surface area contributed by atoms with E-state index < -0.39 is 0 Å². The summed E-state index contributed by atoms with van der Waals surface area (Å²) >= 11 is 7.83. The number of halogens is 1. The first kappa shape index (κ1) is 17.0. The lowest BCUT2D eigenvalue weighted by Gasteiger charge is -2.31. The van der Waals surface area contributed by atoms with Gasteiger partial charge in [-0.25, -0.2) is 4.98 Å². The number of aliphatic hydroxyl groups excluding tert-OH is 1. The number of nitrogens with one attached hydrogen (secondary N) is 2. The van der Waals surface area contributed by atoms with E-state index >= 15 is 0 Å². The van der Waals surface area contributed by atoms with Crippen molar-refractivity contribution >= 4 is 44.9 Å². The van der Waals surface area contributed by atoms with Gasteiger partial charge in [0.05, 0.1) is 18.3 Å². The van der Waals surface area contributed by atoms with E-state index in [2.05, 4.69) is 15.3 Å². The normalized spacial score (nSPS) is 21.8. The van der Waals surface area contributed by atoms with Crippen LogP contribution in [0.3, 0.4) is 0 Å². The predicted molar refractivity (Wildman–Crippen MR) is 107 cm³/mol. The number of rotatable bonds is 3. The van der Waals surface area contributed by atoms with E-state index in [0.717, 1.165) is 45.9 Å². The van der Waals surface area contributed by atoms with Gasteiger partial charge in [0.25, 0.3) is 5.91 Å². The van der Waals surface area contributed by atoms with Crippen LogP contribution in [0.25, 0.3) is 10.9 Å². The molecular weight excluding hydrogens is 384 g/mol. The molecule has 0 bridgehead atoms. The Balaban J connectivity index is 1.33. The number of aromatic amines is 1. The molecule has 2 aliphatic rings. The standard InChI is InChI=1S/C19H19ClN4O2S/c20-13-2-1-3-14-12(13)8-16(22-14)18(26)24-5-4-15-17(9-24)27-19(23-15)21-10-6-11(25)7-10/h1-3,8,10-11,22,25H,4-7,9H2,(H,21,23)/t10-,11-. The van der Waals surface area contributed by atoms with E-state index in [1.807, 2.05) is 29.2 Å². The average molecular weight is 403 g/mol. The van der Waals surface area contributed by atoms with Crippen molar-refractivity contribution in [1.29, 1.82) is 0 Å². The van der Waals surface area contributed by atoms with Crippen molar-refractivity contribution in [3.05, 3.63) is 45.6 Å². The number of hydrogen-bond acceptors (Lipinski definition) is 5. The highest BCUT2D eigenvalue weighted by molar-refractivity contribution is 7.15. The number of aliphatic hydroxyl groups is 1. The van der Waals surface area contributed by atoms with Crippen LogP contribution in [0.4, 0.5) is 5.13 Å². The van der Waals surface area contributed by atoms with Gasteiger partial charge >= 0.3 is 0 Å². The molecule has 1 saturated carbocycles. The van der Waals surface area contributed by atoms with Gasteiger partial charge in [0.1, 0.15) is 5.69 Å². The number of carbonyl (C=O) groups is 1. The van der Waals surface area contributed by atoms with E-state index in [-0.39, 0.29) is 12.0 Å². The molecule has 0 radical (unpaired) electrons. The summed E-state index contributed by atoms with van der Waals surface area (Å²) in [5.41, 5.74) is 2.51. The molecule has 3 N–H and O–H groups in total. The number of hydrogen-bond donors (Lipinski definition) is 3. The van der Waals surface area contributed by atoms with Gasteiger partial charge in [-0.2, -0.15) is 0 Å². The number of thiazole rings is 1. The van der Waals surface area contributed by atoms with Gasteiger partial charge in [0.15, 0.2) is 5.13 Å². The molecule has 1 fully saturated rings. The van der Waals surface area contributed by atoms with Gasteiger partial charge in [-0.1, -0.05) is 29.0 Å². The van der Waals surface area contributed by atoms with E-state index in [9.17, 15) is 9.90 Å². The van der Waals surface area contributed by atoms with Gasteiger partial charge in [-0.3, -0.25) is 4.79 Å². The number of amides is 1. The number of aromatic nitrogens is 2. The highest BCUT2D eigenvalue weighted by atomic mass is 35.5. The monoisotopic (exact) mass is 402 g/mol. The fourth-order valence-corrected chi connectivity index (χ4v) is 5.04. The summed E-state index contributed by atoms with van der Waals surface area (Å²) < 4.78 is 0. The SMILES string of the molecule is O=C(c1cc2c(Cl)cccc2[nH]1)N1CCc2nc(N[C@H]3C[C@H](O)C3)sc2C1. The van der Waals surface area contributed by atoms with Crippen LogP contribution in [0.15, 0.2) is 24.3 Å². The van der Waals surface area contributed by atoms with Gasteiger partial charge in [-0.15, -0.1) is 0 Å². The second-order valence-electron chi connectivity index (χ2n) is 7.22. The second-order valence-corrected chi connectivity index (χ2v) is 8.71. The maximum Gasteiger partial charge on any atom is 0.270 e. The van der Waals surface area contributed by atoms with Gasteiger partial charge in [0, 0.05) is 39.8 Å². The Kier molecular flexibility index (Phi) is 4.11. The molecule has 1 aromatic carbocycles. The van der Waals surface area contributed by atoms with E-state index in [0.29, 0.717) is 29.8 Å². The summed E-state index contributed by atoms with van der Waals surface area (Å²) in [7, 11) is 0. The van der Waals surface area contributed by atoms with Crippen molar-refractivity contribution in [2.75, 3.05) is 11.9 Å². The third-order valence-corrected chi connectivity index (χ3v) is 6.64. The van der Waals surface area contributed by atoms with Crippen molar-refractivity contribution < 1.29 is 9.90 Å². The van der Waals surface area contributed by atoms with E-state index in [1.165, 1.54) is 0 Å². The minimum atomic E-state index is -0.185. The minimum absolute atomic E-state index is 0.0158. The fraction of sp³-hybridized carbons (Fsp3) is 0.368. The van der Waals surface area contributed by atoms with Crippen molar-refractivity contribution in [2.45, 2.75) is 38.0 Å². The van der Waals surface area contributed by atoms with Gasteiger partial charge in [-0.05, 0) is 31.0 Å². The van der Waals surface area contributed by atoms with Gasteiger partial charge in [0.2, 0.25) is 0 Å². The molecule has 0 atom stereocenters. The average Bonchev–Trinajstić information content (AvgIpc) is 3.23. The molecule has 5 rings (SSSR count). The molecule has 1 aliphatic carbocycles. The molecule has 8 heteroatoms. The third kappa shape index (κ3) is 3.09. The van der Waals surface area contributed by atoms with E-state index in [1.54, 1.807) is 11.3 Å². The van der Waals surface area contributed by atoms with Crippen molar-refractivity contribution in [3.63, 3.8) is 0 Å². The first-order chi connectivity index (χ1) is 13.1. The zero-order chi connectivity index (χ0) is 18.5. The van der Waals surface area contributed by atoms with Crippen LogP contribution >= 0.6 is 22.9 Å². The van der Waals surface area contributed by atoms with E-state index in [4.69, 9.17) is 11.6 Å². The summed E-state index contributed by atoms with van der Waals surface area (Å²) in [6.45, 7) is 1.23. The Bertz CT molecular complexity index is 1020. The molecule has 6 nitrogen and oxygen atoms in total. The molecular formula is C19H19ClN4O2S. The van der Waals surface area contributed by atoms with Crippen LogP contribution in [-0.2, 0) is 13.0 Å². The Morgan fingerprint density at radius 2 is 2.26 bits per heavy atom. The first-order valence-corrected chi connectivity index (χ1v) is 10.3. The Morgan fingerprint density at radius 3 is 3.04 bits per heavy atom. The Labute approximate surface area is 165 Å². The Hall–Kier alpha value is -2.09.